The fourth-order valence-electron chi connectivity index (χ4n) is 2.60. The molecule has 3 rings (SSSR count). The number of furan rings is 1. The summed E-state index contributed by atoms with van der Waals surface area (Å²) in [5.74, 6) is -1.93. The fourth-order valence-corrected chi connectivity index (χ4v) is 2.60. The van der Waals surface area contributed by atoms with Gasteiger partial charge in [0.15, 0.2) is 0 Å². The Morgan fingerprint density at radius 1 is 0.870 bits per heavy atom. The lowest BCUT2D eigenvalue weighted by Crippen LogP contribution is -2.19. The van der Waals surface area contributed by atoms with Gasteiger partial charge in [-0.1, -0.05) is 54.6 Å². The van der Waals surface area contributed by atoms with Gasteiger partial charge in [0.05, 0.1) is 6.26 Å². The first kappa shape index (κ1) is 15.1. The van der Waals surface area contributed by atoms with Crippen LogP contribution in [0.15, 0.2) is 77.4 Å². The van der Waals surface area contributed by atoms with Gasteiger partial charge in [-0.3, -0.25) is 4.79 Å². The van der Waals surface area contributed by atoms with Crippen molar-refractivity contribution in [1.82, 2.24) is 0 Å². The van der Waals surface area contributed by atoms with Crippen LogP contribution in [0.5, 0.6) is 0 Å². The molecule has 0 fully saturated rings. The van der Waals surface area contributed by atoms with E-state index in [9.17, 15) is 15.0 Å². The minimum Gasteiger partial charge on any atom is -0.481 e. The molecule has 3 aromatic rings. The Balaban J connectivity index is 1.91. The van der Waals surface area contributed by atoms with E-state index in [1.165, 1.54) is 6.26 Å². The Bertz CT molecular complexity index is 761. The highest BCUT2D eigenvalue weighted by Crippen LogP contribution is 2.32. The highest BCUT2D eigenvalue weighted by molar-refractivity contribution is 5.77. The summed E-state index contributed by atoms with van der Waals surface area (Å²) in [6, 6.07) is 20.2. The molecular weight excluding hydrogens is 292 g/mol. The number of aliphatic carboxylic acids is 1. The Labute approximate surface area is 133 Å². The van der Waals surface area contributed by atoms with Crippen molar-refractivity contribution in [2.24, 2.45) is 0 Å². The molecule has 1 heterocycles. The number of carboxylic acids is 1. The van der Waals surface area contributed by atoms with Gasteiger partial charge in [0.25, 0.3) is 0 Å². The highest BCUT2D eigenvalue weighted by atomic mass is 16.4. The molecule has 2 unspecified atom stereocenters. The van der Waals surface area contributed by atoms with E-state index in [-0.39, 0.29) is 5.76 Å². The van der Waals surface area contributed by atoms with E-state index >= 15 is 0 Å². The lowest BCUT2D eigenvalue weighted by Gasteiger charge is -2.18. The molecule has 2 atom stereocenters. The minimum atomic E-state index is -1.23. The van der Waals surface area contributed by atoms with Crippen LogP contribution >= 0.6 is 0 Å². The first-order valence-corrected chi connectivity index (χ1v) is 7.26. The predicted molar refractivity (Wildman–Crippen MR) is 85.9 cm³/mol. The minimum absolute atomic E-state index is 0.240. The molecular formula is C19H16O4. The van der Waals surface area contributed by atoms with Gasteiger partial charge in [-0.25, -0.2) is 0 Å². The summed E-state index contributed by atoms with van der Waals surface area (Å²) in [6.45, 7) is 0. The maximum absolute atomic E-state index is 11.6. The maximum atomic E-state index is 11.6. The number of carboxylic acid groups (broad SMARTS) is 1. The molecule has 0 aliphatic heterocycles. The summed E-state index contributed by atoms with van der Waals surface area (Å²) in [4.78, 5) is 11.6. The van der Waals surface area contributed by atoms with Crippen molar-refractivity contribution in [1.29, 1.82) is 0 Å². The van der Waals surface area contributed by atoms with Crippen molar-refractivity contribution < 1.29 is 19.4 Å². The number of carbonyl (C=O) groups is 1. The Morgan fingerprint density at radius 2 is 1.52 bits per heavy atom. The molecule has 4 heteroatoms. The van der Waals surface area contributed by atoms with E-state index in [1.54, 1.807) is 24.3 Å². The summed E-state index contributed by atoms with van der Waals surface area (Å²) >= 11 is 0. The number of hydrogen-bond acceptors (Lipinski definition) is 3. The van der Waals surface area contributed by atoms with Crippen molar-refractivity contribution in [3.8, 4) is 11.1 Å². The first-order chi connectivity index (χ1) is 11.2. The van der Waals surface area contributed by atoms with Crippen molar-refractivity contribution in [2.45, 2.75) is 12.0 Å². The SMILES string of the molecule is O=C(O)C(c1ccc(-c2ccccc2)cc1)C(O)c1ccco1. The number of aliphatic hydroxyl groups is 1. The molecule has 0 spiro atoms. The van der Waals surface area contributed by atoms with Gasteiger partial charge >= 0.3 is 5.97 Å². The quantitative estimate of drug-likeness (QED) is 0.751. The van der Waals surface area contributed by atoms with Crippen LogP contribution in [0.3, 0.4) is 0 Å². The Hall–Kier alpha value is -2.85. The topological polar surface area (TPSA) is 70.7 Å². The normalized spacial score (nSPS) is 13.4. The van der Waals surface area contributed by atoms with E-state index in [1.807, 2.05) is 42.5 Å². The molecule has 2 N–H and O–H groups in total. The third kappa shape index (κ3) is 3.17. The highest BCUT2D eigenvalue weighted by Gasteiger charge is 2.31. The van der Waals surface area contributed by atoms with Crippen molar-refractivity contribution in [3.05, 3.63) is 84.3 Å². The molecule has 1 aromatic heterocycles. The van der Waals surface area contributed by atoms with Gasteiger partial charge in [-0.2, -0.15) is 0 Å². The molecule has 4 nitrogen and oxygen atoms in total. The first-order valence-electron chi connectivity index (χ1n) is 7.26. The molecule has 0 saturated carbocycles. The molecule has 23 heavy (non-hydrogen) atoms. The number of aliphatic hydroxyl groups excluding tert-OH is 1. The number of rotatable bonds is 5. The Morgan fingerprint density at radius 3 is 2.09 bits per heavy atom. The van der Waals surface area contributed by atoms with E-state index in [2.05, 4.69) is 0 Å². The zero-order valence-corrected chi connectivity index (χ0v) is 12.3. The van der Waals surface area contributed by atoms with Gasteiger partial charge in [-0.05, 0) is 28.8 Å². The van der Waals surface area contributed by atoms with Gasteiger partial charge in [0.2, 0.25) is 0 Å². The zero-order valence-electron chi connectivity index (χ0n) is 12.3. The van der Waals surface area contributed by atoms with Gasteiger partial charge in [-0.15, -0.1) is 0 Å². The number of benzene rings is 2. The van der Waals surface area contributed by atoms with Gasteiger partial charge in [0, 0.05) is 0 Å². The molecule has 2 aromatic carbocycles. The van der Waals surface area contributed by atoms with E-state index in [4.69, 9.17) is 4.42 Å². The third-order valence-electron chi connectivity index (χ3n) is 3.79. The monoisotopic (exact) mass is 308 g/mol. The van der Waals surface area contributed by atoms with Crippen LogP contribution in [0.1, 0.15) is 23.3 Å². The van der Waals surface area contributed by atoms with Crippen LogP contribution in [-0.4, -0.2) is 16.2 Å². The Kier molecular flexibility index (Phi) is 4.26. The predicted octanol–water partition coefficient (Wildman–Crippen LogP) is 3.85. The molecule has 0 amide bonds. The van der Waals surface area contributed by atoms with Gasteiger partial charge < -0.3 is 14.6 Å². The lowest BCUT2D eigenvalue weighted by atomic mass is 9.90. The van der Waals surface area contributed by atoms with E-state index in [0.717, 1.165) is 11.1 Å². The van der Waals surface area contributed by atoms with Crippen LogP contribution in [-0.2, 0) is 4.79 Å². The largest absolute Gasteiger partial charge is 0.481 e. The summed E-state index contributed by atoms with van der Waals surface area (Å²) in [5, 5.41) is 19.8. The second-order valence-electron chi connectivity index (χ2n) is 5.26. The standard InChI is InChI=1S/C19H16O4/c20-18(16-7-4-12-23-16)17(19(21)22)15-10-8-14(9-11-15)13-5-2-1-3-6-13/h1-12,17-18,20H,(H,21,22). The van der Waals surface area contributed by atoms with Crippen LogP contribution in [0.2, 0.25) is 0 Å². The third-order valence-corrected chi connectivity index (χ3v) is 3.79. The van der Waals surface area contributed by atoms with Crippen LogP contribution in [0, 0.1) is 0 Å². The van der Waals surface area contributed by atoms with E-state index in [0.29, 0.717) is 5.56 Å². The molecule has 0 aliphatic rings. The number of hydrogen-bond donors (Lipinski definition) is 2. The molecule has 0 bridgehead atoms. The molecule has 116 valence electrons. The average molecular weight is 308 g/mol. The second kappa shape index (κ2) is 6.50. The van der Waals surface area contributed by atoms with Crippen molar-refractivity contribution in [3.63, 3.8) is 0 Å². The fraction of sp³-hybridized carbons (Fsp3) is 0.105. The molecule has 0 aliphatic carbocycles. The average Bonchev–Trinajstić information content (AvgIpc) is 3.11. The van der Waals surface area contributed by atoms with E-state index < -0.39 is 18.0 Å². The zero-order chi connectivity index (χ0) is 16.2. The van der Waals surface area contributed by atoms with Crippen LogP contribution in [0.4, 0.5) is 0 Å². The van der Waals surface area contributed by atoms with Crippen molar-refractivity contribution >= 4 is 5.97 Å². The van der Waals surface area contributed by atoms with Gasteiger partial charge in [0.1, 0.15) is 17.8 Å². The summed E-state index contributed by atoms with van der Waals surface area (Å²) in [6.07, 6.45) is 0.181. The van der Waals surface area contributed by atoms with Crippen molar-refractivity contribution in [2.75, 3.05) is 0 Å². The van der Waals surface area contributed by atoms with Crippen LogP contribution in [0.25, 0.3) is 11.1 Å². The molecule has 0 saturated heterocycles. The lowest BCUT2D eigenvalue weighted by molar-refractivity contribution is -0.142. The summed E-state index contributed by atoms with van der Waals surface area (Å²) < 4.78 is 5.13. The summed E-state index contributed by atoms with van der Waals surface area (Å²) in [7, 11) is 0. The maximum Gasteiger partial charge on any atom is 0.314 e. The molecule has 0 radical (unpaired) electrons. The van der Waals surface area contributed by atoms with Crippen LogP contribution < -0.4 is 0 Å². The smallest absolute Gasteiger partial charge is 0.314 e. The summed E-state index contributed by atoms with van der Waals surface area (Å²) in [5.41, 5.74) is 2.57. The second-order valence-corrected chi connectivity index (χ2v) is 5.26.